The second-order valence-corrected chi connectivity index (χ2v) is 35.9. The summed E-state index contributed by atoms with van der Waals surface area (Å²) in [6.45, 7) is 14.9. The first-order chi connectivity index (χ1) is 63.9. The maximum atomic E-state index is 14.9. The number of nitrogens with zero attached hydrogens (tertiary/aromatic N) is 4. The van der Waals surface area contributed by atoms with E-state index in [1.165, 1.54) is 0 Å². The number of aliphatic hydroxyl groups is 1. The summed E-state index contributed by atoms with van der Waals surface area (Å²) < 4.78 is 102. The Morgan fingerprint density at radius 3 is 1.96 bits per heavy atom. The van der Waals surface area contributed by atoms with E-state index in [4.69, 9.17) is 67.1 Å². The van der Waals surface area contributed by atoms with Crippen LogP contribution in [0.25, 0.3) is 22.5 Å². The van der Waals surface area contributed by atoms with E-state index in [1.807, 2.05) is 68.5 Å². The first-order valence-corrected chi connectivity index (χ1v) is 47.4. The van der Waals surface area contributed by atoms with Crippen LogP contribution in [0.2, 0.25) is 0 Å². The van der Waals surface area contributed by atoms with Crippen LogP contribution in [0.15, 0.2) is 96.6 Å². The SMILES string of the molecule is CCCC1O[C@@H]2C[C@H]3[C@@H]4CCC5=CC(=O)C=C[C@]5(C)[C@H]4[C@@H](O)C[C@]3(C)[C@]2(C(=O)COC(CC)NC(=O)CNC(=O)OCc2ccc(NC(=O)[C@H](CCCNC(N)=O)NC(=O)[C@@H](NC(=O)CCOCCOCCOCCOCCNC(=O)CCC(=O)N3Cc4ccccc4-c4c(nnn4CCOCCOCCOCCOCCC(=O)NCCS(=O)(=O)O)-c4ccccc43)C(C)C)cc2)O1. The number of aromatic nitrogens is 3. The molecule has 0 spiro atoms. The molecule has 12 N–H and O–H groups in total. The summed E-state index contributed by atoms with van der Waals surface area (Å²) in [5.41, 5.74) is 8.82. The summed E-state index contributed by atoms with van der Waals surface area (Å²) in [5.74, 6) is -4.80. The molecule has 2 aliphatic heterocycles. The molecule has 3 heterocycles. The summed E-state index contributed by atoms with van der Waals surface area (Å²) in [6, 6.07) is 18.6. The molecular weight excluding hydrogens is 1750 g/mol. The third-order valence-corrected chi connectivity index (χ3v) is 25.4. The van der Waals surface area contributed by atoms with Gasteiger partial charge in [0.2, 0.25) is 41.4 Å². The predicted molar refractivity (Wildman–Crippen MR) is 482 cm³/mol. The molecule has 4 aliphatic carbocycles. The first kappa shape index (κ1) is 105. The monoisotopic (exact) mass is 1880 g/mol. The number of nitrogens with two attached hydrogens (primary N) is 1. The molecule has 1 saturated heterocycles. The van der Waals surface area contributed by atoms with Gasteiger partial charge in [-0.1, -0.05) is 119 Å². The molecule has 41 heteroatoms. The van der Waals surface area contributed by atoms with Gasteiger partial charge < -0.3 is 115 Å². The minimum absolute atomic E-state index is 0.0194. The fourth-order valence-electron chi connectivity index (χ4n) is 18.2. The molecule has 10 amide bonds. The van der Waals surface area contributed by atoms with Gasteiger partial charge in [-0.2, -0.15) is 8.42 Å². The zero-order valence-corrected chi connectivity index (χ0v) is 77.5. The van der Waals surface area contributed by atoms with Crippen molar-refractivity contribution < 1.29 is 128 Å². The molecule has 10 rings (SSSR count). The fraction of sp³-hybridized carbons (Fsp3) is 0.620. The van der Waals surface area contributed by atoms with E-state index >= 15 is 0 Å². The molecule has 40 nitrogen and oxygen atoms in total. The van der Waals surface area contributed by atoms with Crippen LogP contribution in [0.1, 0.15) is 136 Å². The molecule has 6 aliphatic rings. The lowest BCUT2D eigenvalue weighted by Crippen LogP contribution is -2.63. The van der Waals surface area contributed by atoms with Gasteiger partial charge >= 0.3 is 12.1 Å². The van der Waals surface area contributed by atoms with E-state index in [1.54, 1.807) is 66.8 Å². The number of fused-ring (bicyclic) bond motifs is 12. The molecule has 732 valence electrons. The summed E-state index contributed by atoms with van der Waals surface area (Å²) in [7, 11) is -4.15. The van der Waals surface area contributed by atoms with Crippen molar-refractivity contribution in [3.8, 4) is 22.5 Å². The highest BCUT2D eigenvalue weighted by Gasteiger charge is 2.76. The number of anilines is 2. The Morgan fingerprint density at radius 1 is 0.684 bits per heavy atom. The largest absolute Gasteiger partial charge is 0.445 e. The first-order valence-electron chi connectivity index (χ1n) is 45.8. The number of primary amides is 1. The number of aliphatic hydroxyl groups excluding tert-OH is 1. The number of benzene rings is 3. The lowest BCUT2D eigenvalue weighted by molar-refractivity contribution is -0.202. The number of nitrogens with one attached hydrogen (secondary N) is 8. The van der Waals surface area contributed by atoms with Crippen LogP contribution in [0, 0.1) is 34.5 Å². The molecule has 0 bridgehead atoms. The van der Waals surface area contributed by atoms with Crippen molar-refractivity contribution in [3.63, 3.8) is 0 Å². The van der Waals surface area contributed by atoms with Crippen LogP contribution in [0.4, 0.5) is 21.0 Å². The van der Waals surface area contributed by atoms with Crippen molar-refractivity contribution in [2.45, 2.75) is 187 Å². The highest BCUT2D eigenvalue weighted by Crippen LogP contribution is 2.70. The van der Waals surface area contributed by atoms with Crippen molar-refractivity contribution >= 4 is 86.5 Å². The minimum Gasteiger partial charge on any atom is -0.445 e. The number of hydrogen-bond donors (Lipinski definition) is 11. The van der Waals surface area contributed by atoms with Crippen LogP contribution >= 0.6 is 0 Å². The van der Waals surface area contributed by atoms with Crippen molar-refractivity contribution in [2.75, 3.05) is 154 Å². The van der Waals surface area contributed by atoms with Crippen molar-refractivity contribution in [3.05, 3.63) is 108 Å². The van der Waals surface area contributed by atoms with E-state index in [0.29, 0.717) is 87.0 Å². The standard InChI is InChI=1S/C92H131N13O27S/c1-7-14-81-131-74-54-69-67-25-22-63-53-65(106)28-31-90(63,5)82(67)72(107)55-91(69,6)92(74,132-81)73(108)59-129-79(8-2)100-78(112)56-97-89(117)130-58-61-20-23-64(24-21-61)98-86(114)70(18-13-32-96-88(93)116)99-87(115)83(60(3)4)101-77(111)30-37-122-41-45-126-48-50-127-46-42-123-38-33-94-75(109)26-27-80(113)104-57-62-15-9-10-16-66(62)85-84(68-17-11-12-19-71(68)104)102-103-105(85)35-39-124-43-47-128-51-49-125-44-40-121-36-29-76(110)95-34-52-133(118,119)120/h9-12,15-17,19-21,23-24,28,31,53,60,67,69-70,72,74,79,81-83,107H,7-8,13-14,18,22,25-27,29-30,32-52,54-59H2,1-6H3,(H,94,109)(H,95,110)(H,97,117)(H,98,114)(H,99,115)(H,100,112)(H,101,111)(H3,93,96,116)(H,118,119,120)/t67-,69-,70-,72-,74+,79?,81?,82+,83-,90-,91-,92+/m0/s1. The minimum atomic E-state index is -4.15. The third-order valence-electron chi connectivity index (χ3n) is 24.7. The number of para-hydroxylation sites is 1. The maximum Gasteiger partial charge on any atom is 0.407 e. The third kappa shape index (κ3) is 30.2. The van der Waals surface area contributed by atoms with Crippen molar-refractivity contribution in [2.24, 2.45) is 40.2 Å². The quantitative estimate of drug-likeness (QED) is 0.0160. The van der Waals surface area contributed by atoms with Crippen molar-refractivity contribution in [1.29, 1.82) is 0 Å². The Morgan fingerprint density at radius 2 is 1.31 bits per heavy atom. The molecule has 3 aromatic carbocycles. The summed E-state index contributed by atoms with van der Waals surface area (Å²) >= 11 is 0. The smallest absolute Gasteiger partial charge is 0.407 e. The van der Waals surface area contributed by atoms with Gasteiger partial charge in [-0.05, 0) is 111 Å². The number of urea groups is 1. The van der Waals surface area contributed by atoms with Crippen molar-refractivity contribution in [1.82, 2.24) is 52.2 Å². The number of Topliss-reactive ketones (excluding diaryl/α,β-unsaturated/α-hetero) is 1. The number of carbonyl (C=O) groups is 11. The van der Waals surface area contributed by atoms with Crippen LogP contribution in [-0.4, -0.2) is 285 Å². The highest BCUT2D eigenvalue weighted by molar-refractivity contribution is 7.85. The second-order valence-electron chi connectivity index (χ2n) is 34.3. The van der Waals surface area contributed by atoms with E-state index in [2.05, 4.69) is 59.8 Å². The molecule has 2 unspecified atom stereocenters. The number of amides is 10. The number of hydrogen-bond acceptors (Lipinski definition) is 28. The predicted octanol–water partition coefficient (Wildman–Crippen LogP) is 4.82. The Kier molecular flexibility index (Phi) is 41.1. The van der Waals surface area contributed by atoms with Gasteiger partial charge in [0.1, 0.15) is 43.8 Å². The van der Waals surface area contributed by atoms with E-state index in [9.17, 15) is 66.3 Å². The summed E-state index contributed by atoms with van der Waals surface area (Å²) in [4.78, 5) is 146. The van der Waals surface area contributed by atoms with E-state index in [-0.39, 0.29) is 198 Å². The molecule has 133 heavy (non-hydrogen) atoms. The average molecular weight is 1880 g/mol. The van der Waals surface area contributed by atoms with Crippen LogP contribution in [0.3, 0.4) is 0 Å². The van der Waals surface area contributed by atoms with Gasteiger partial charge in [0.25, 0.3) is 10.1 Å². The highest BCUT2D eigenvalue weighted by atomic mass is 32.2. The number of carbonyl (C=O) groups excluding carboxylic acids is 11. The summed E-state index contributed by atoms with van der Waals surface area (Å²) in [5, 5.41) is 42.4. The number of ketones is 2. The van der Waals surface area contributed by atoms with Gasteiger partial charge in [-0.25, -0.2) is 14.3 Å². The maximum absolute atomic E-state index is 14.9. The molecular formula is C92H131N13O27S. The van der Waals surface area contributed by atoms with Crippen LogP contribution in [-0.2, 0) is 130 Å². The molecule has 12 atom stereocenters. The number of alkyl carbamates (subject to hydrolysis) is 1. The Hall–Kier alpha value is -10.1. The normalized spacial score (nSPS) is 21.6. The number of rotatable bonds is 58. The zero-order chi connectivity index (χ0) is 95.5. The Bertz CT molecular complexity index is 4750. The molecule has 0 radical (unpaired) electrons. The summed E-state index contributed by atoms with van der Waals surface area (Å²) in [6.07, 6.45) is 5.47. The fourth-order valence-corrected chi connectivity index (χ4v) is 18.5. The average Bonchev–Trinajstić information content (AvgIpc) is 1.52. The van der Waals surface area contributed by atoms with Crippen LogP contribution < -0.4 is 53.2 Å². The second kappa shape index (κ2) is 52.1. The van der Waals surface area contributed by atoms with E-state index in [0.717, 1.165) is 35.2 Å². The van der Waals surface area contributed by atoms with Gasteiger partial charge in [-0.3, -0.25) is 47.7 Å². The van der Waals surface area contributed by atoms with Gasteiger partial charge in [0.15, 0.2) is 23.5 Å². The Labute approximate surface area is 774 Å². The lowest BCUT2D eigenvalue weighted by atomic mass is 9.46. The molecule has 4 fully saturated rings. The van der Waals surface area contributed by atoms with Gasteiger partial charge in [-0.15, -0.1) is 5.10 Å². The zero-order valence-electron chi connectivity index (χ0n) is 76.7. The number of allylic oxidation sites excluding steroid dienone is 4. The topological polar surface area (TPSA) is 529 Å². The van der Waals surface area contributed by atoms with Gasteiger partial charge in [0.05, 0.1) is 148 Å². The molecule has 3 saturated carbocycles. The number of ether oxygens (including phenoxy) is 12. The van der Waals surface area contributed by atoms with Crippen LogP contribution in [0.5, 0.6) is 0 Å². The van der Waals surface area contributed by atoms with Gasteiger partial charge in [0, 0.05) is 78.9 Å². The lowest BCUT2D eigenvalue weighted by Gasteiger charge is -2.59. The molecule has 1 aromatic heterocycles. The Balaban J connectivity index is 0.552. The van der Waals surface area contributed by atoms with E-state index < -0.39 is 130 Å². The molecule has 4 aromatic rings.